The maximum absolute atomic E-state index is 6.09. The van der Waals surface area contributed by atoms with Crippen LogP contribution in [0.3, 0.4) is 0 Å². The van der Waals surface area contributed by atoms with Crippen molar-refractivity contribution in [1.29, 1.82) is 0 Å². The first kappa shape index (κ1) is 19.0. The molecule has 1 aromatic carbocycles. The molecule has 1 aromatic rings. The maximum Gasteiger partial charge on any atom is 0.121 e. The number of unbranched alkanes of at least 4 members (excludes halogenated alkanes) is 2. The van der Waals surface area contributed by atoms with Gasteiger partial charge in [0.2, 0.25) is 0 Å². The third kappa shape index (κ3) is 6.25. The van der Waals surface area contributed by atoms with Gasteiger partial charge in [-0.2, -0.15) is 0 Å². The third-order valence-corrected chi connectivity index (χ3v) is 4.30. The van der Waals surface area contributed by atoms with Gasteiger partial charge in [-0.3, -0.25) is 4.99 Å². The molecule has 0 spiro atoms. The summed E-state index contributed by atoms with van der Waals surface area (Å²) in [6, 6.07) is 8.25. The summed E-state index contributed by atoms with van der Waals surface area (Å²) >= 11 is 0. The maximum atomic E-state index is 6.09. The number of aliphatic imine (C=N–C) groups is 2. The van der Waals surface area contributed by atoms with Crippen LogP contribution in [0.25, 0.3) is 0 Å². The second-order valence-electron chi connectivity index (χ2n) is 6.35. The number of benzene rings is 1. The van der Waals surface area contributed by atoms with Crippen LogP contribution in [0.1, 0.15) is 44.6 Å². The minimum Gasteiger partial charge on any atom is -0.391 e. The number of hydrogen-bond acceptors (Lipinski definition) is 5. The first-order chi connectivity index (χ1) is 12.2. The molecule has 2 rings (SSSR count). The van der Waals surface area contributed by atoms with Gasteiger partial charge in [-0.25, -0.2) is 4.99 Å². The van der Waals surface area contributed by atoms with Crippen LogP contribution in [0.4, 0.5) is 5.69 Å². The van der Waals surface area contributed by atoms with Gasteiger partial charge in [0.15, 0.2) is 0 Å². The first-order valence-electron chi connectivity index (χ1n) is 9.28. The highest BCUT2D eigenvalue weighted by molar-refractivity contribution is 5.90. The summed E-state index contributed by atoms with van der Waals surface area (Å²) in [4.78, 5) is 11.8. The van der Waals surface area contributed by atoms with E-state index in [0.29, 0.717) is 12.4 Å². The Bertz CT molecular complexity index is 606. The largest absolute Gasteiger partial charge is 0.391 e. The Balaban J connectivity index is 2.16. The van der Waals surface area contributed by atoms with Gasteiger partial charge >= 0.3 is 0 Å². The van der Waals surface area contributed by atoms with Crippen molar-refractivity contribution in [3.05, 3.63) is 42.6 Å². The Morgan fingerprint density at radius 3 is 2.92 bits per heavy atom. The monoisotopic (exact) mass is 341 g/mol. The highest BCUT2D eigenvalue weighted by Crippen LogP contribution is 2.22. The van der Waals surface area contributed by atoms with E-state index in [1.54, 1.807) is 6.20 Å². The molecule has 1 heterocycles. The predicted molar refractivity (Wildman–Crippen MR) is 107 cm³/mol. The number of amidine groups is 2. The molecule has 0 amide bonds. The van der Waals surface area contributed by atoms with Gasteiger partial charge in [-0.1, -0.05) is 38.1 Å². The Morgan fingerprint density at radius 1 is 1.28 bits per heavy atom. The minimum atomic E-state index is 0.474. The lowest BCUT2D eigenvalue weighted by atomic mass is 10.1. The lowest BCUT2D eigenvalue weighted by molar-refractivity contribution is 0.388. The highest BCUT2D eigenvalue weighted by Gasteiger charge is 2.15. The minimum absolute atomic E-state index is 0.474. The van der Waals surface area contributed by atoms with Gasteiger partial charge in [0, 0.05) is 26.1 Å². The molecule has 0 fully saturated rings. The smallest absolute Gasteiger partial charge is 0.121 e. The van der Waals surface area contributed by atoms with E-state index in [9.17, 15) is 0 Å². The van der Waals surface area contributed by atoms with Crippen molar-refractivity contribution in [1.82, 2.24) is 10.2 Å². The number of nitrogens with two attached hydrogens (primary N) is 1. The number of nitrogens with one attached hydrogen (secondary N) is 1. The van der Waals surface area contributed by atoms with E-state index in [4.69, 9.17) is 10.7 Å². The molecule has 0 atom stereocenters. The van der Waals surface area contributed by atoms with E-state index in [-0.39, 0.29) is 0 Å². The van der Waals surface area contributed by atoms with Crippen LogP contribution in [0, 0.1) is 0 Å². The molecule has 5 nitrogen and oxygen atoms in total. The van der Waals surface area contributed by atoms with Gasteiger partial charge in [-0.15, -0.1) is 0 Å². The molecule has 0 unspecified atom stereocenters. The van der Waals surface area contributed by atoms with Crippen molar-refractivity contribution < 1.29 is 0 Å². The number of fused-ring (bicyclic) bond motifs is 1. The van der Waals surface area contributed by atoms with Crippen molar-refractivity contribution in [2.75, 3.05) is 19.6 Å². The van der Waals surface area contributed by atoms with E-state index in [0.717, 1.165) is 63.3 Å². The predicted octanol–water partition coefficient (Wildman–Crippen LogP) is 3.59. The second kappa shape index (κ2) is 10.5. The zero-order valence-electron chi connectivity index (χ0n) is 15.4. The van der Waals surface area contributed by atoms with Gasteiger partial charge in [0.1, 0.15) is 5.84 Å². The van der Waals surface area contributed by atoms with E-state index >= 15 is 0 Å². The van der Waals surface area contributed by atoms with Gasteiger partial charge < -0.3 is 16.0 Å². The van der Waals surface area contributed by atoms with Crippen molar-refractivity contribution in [3.8, 4) is 0 Å². The van der Waals surface area contributed by atoms with E-state index < -0.39 is 0 Å². The van der Waals surface area contributed by atoms with E-state index in [1.165, 1.54) is 5.56 Å². The standard InChI is InChI=1S/C20H31N5/c1-3-5-12-20-23-15-19(21)24-18-11-7-6-10-17(18)16-25(20)14-9-8-13-22-4-2/h4,6-7,10-11,22H,2-3,5,8-9,12-16H2,1H3,(H2,21,24). The van der Waals surface area contributed by atoms with Gasteiger partial charge in [0.25, 0.3) is 0 Å². The van der Waals surface area contributed by atoms with Crippen LogP contribution in [0.5, 0.6) is 0 Å². The van der Waals surface area contributed by atoms with Crippen molar-refractivity contribution in [3.63, 3.8) is 0 Å². The molecule has 1 aliphatic heterocycles. The third-order valence-electron chi connectivity index (χ3n) is 4.30. The summed E-state index contributed by atoms with van der Waals surface area (Å²) in [6.45, 7) is 9.18. The van der Waals surface area contributed by atoms with E-state index in [1.807, 2.05) is 12.1 Å². The fraction of sp³-hybridized carbons (Fsp3) is 0.500. The summed E-state index contributed by atoms with van der Waals surface area (Å²) in [5, 5.41) is 3.17. The zero-order chi connectivity index (χ0) is 17.9. The quantitative estimate of drug-likeness (QED) is 0.675. The fourth-order valence-electron chi connectivity index (χ4n) is 2.92. The van der Waals surface area contributed by atoms with Crippen LogP contribution in [0.15, 0.2) is 47.0 Å². The number of nitrogens with zero attached hydrogens (tertiary/aromatic N) is 3. The Kier molecular flexibility index (Phi) is 8.02. The summed E-state index contributed by atoms with van der Waals surface area (Å²) in [7, 11) is 0. The Hall–Kier alpha value is -2.30. The Labute approximate surface area is 151 Å². The molecule has 0 radical (unpaired) electrons. The number of rotatable bonds is 9. The average Bonchev–Trinajstić information content (AvgIpc) is 2.68. The fourth-order valence-corrected chi connectivity index (χ4v) is 2.92. The van der Waals surface area contributed by atoms with Crippen molar-refractivity contribution >= 4 is 17.4 Å². The molecule has 0 saturated heterocycles. The lowest BCUT2D eigenvalue weighted by Crippen LogP contribution is -2.32. The molecule has 5 heteroatoms. The molecular formula is C20H31N5. The summed E-state index contributed by atoms with van der Waals surface area (Å²) in [6.07, 6.45) is 7.29. The molecule has 25 heavy (non-hydrogen) atoms. The van der Waals surface area contributed by atoms with Crippen LogP contribution >= 0.6 is 0 Å². The summed E-state index contributed by atoms with van der Waals surface area (Å²) < 4.78 is 0. The molecule has 0 aliphatic carbocycles. The lowest BCUT2D eigenvalue weighted by Gasteiger charge is -2.27. The van der Waals surface area contributed by atoms with Crippen LogP contribution in [-0.4, -0.2) is 36.2 Å². The van der Waals surface area contributed by atoms with Crippen LogP contribution in [-0.2, 0) is 6.54 Å². The average molecular weight is 342 g/mol. The zero-order valence-corrected chi connectivity index (χ0v) is 15.4. The Morgan fingerprint density at radius 2 is 2.12 bits per heavy atom. The molecular weight excluding hydrogens is 310 g/mol. The van der Waals surface area contributed by atoms with Crippen molar-refractivity contribution in [2.24, 2.45) is 15.7 Å². The van der Waals surface area contributed by atoms with Crippen LogP contribution < -0.4 is 11.1 Å². The molecule has 1 aliphatic rings. The van der Waals surface area contributed by atoms with Gasteiger partial charge in [-0.05, 0) is 37.1 Å². The van der Waals surface area contributed by atoms with Crippen molar-refractivity contribution in [2.45, 2.75) is 45.6 Å². The number of para-hydroxylation sites is 1. The summed E-state index contributed by atoms with van der Waals surface area (Å²) in [5.41, 5.74) is 8.26. The SMILES string of the molecule is C=CNCCCCN1Cc2ccccc2N=C(N)CN=C1CCCC. The summed E-state index contributed by atoms with van der Waals surface area (Å²) in [5.74, 6) is 1.74. The topological polar surface area (TPSA) is 66.0 Å². The molecule has 0 aromatic heterocycles. The normalized spacial score (nSPS) is 14.5. The second-order valence-corrected chi connectivity index (χ2v) is 6.35. The molecule has 0 bridgehead atoms. The molecule has 3 N–H and O–H groups in total. The molecule has 0 saturated carbocycles. The van der Waals surface area contributed by atoms with Gasteiger partial charge in [0.05, 0.1) is 18.1 Å². The van der Waals surface area contributed by atoms with E-state index in [2.05, 4.69) is 40.8 Å². The first-order valence-corrected chi connectivity index (χ1v) is 9.28. The molecule has 136 valence electrons. The highest BCUT2D eigenvalue weighted by atomic mass is 15.2. The number of hydrogen-bond donors (Lipinski definition) is 2. The van der Waals surface area contributed by atoms with Crippen LogP contribution in [0.2, 0.25) is 0 Å².